The van der Waals surface area contributed by atoms with Crippen molar-refractivity contribution in [1.29, 1.82) is 0 Å². The van der Waals surface area contributed by atoms with E-state index in [-0.39, 0.29) is 47.9 Å². The van der Waals surface area contributed by atoms with Gasteiger partial charge < -0.3 is 18.8 Å². The van der Waals surface area contributed by atoms with Crippen molar-refractivity contribution in [1.82, 2.24) is 14.0 Å². The van der Waals surface area contributed by atoms with Gasteiger partial charge in [0, 0.05) is 12.8 Å². The quantitative estimate of drug-likeness (QED) is 0.224. The summed E-state index contributed by atoms with van der Waals surface area (Å²) in [7, 11) is 0. The van der Waals surface area contributed by atoms with Gasteiger partial charge >= 0.3 is 5.97 Å². The van der Waals surface area contributed by atoms with Crippen molar-refractivity contribution in [3.8, 4) is 5.75 Å². The molecule has 10 heteroatoms. The highest BCUT2D eigenvalue weighted by Gasteiger charge is 2.23. The van der Waals surface area contributed by atoms with Crippen LogP contribution in [0.25, 0.3) is 27.5 Å². The normalized spacial score (nSPS) is 15.5. The lowest BCUT2D eigenvalue weighted by Crippen LogP contribution is -2.35. The van der Waals surface area contributed by atoms with Gasteiger partial charge in [-0.05, 0) is 60.9 Å². The zero-order valence-corrected chi connectivity index (χ0v) is 22.5. The lowest BCUT2D eigenvalue weighted by atomic mass is 10.1. The van der Waals surface area contributed by atoms with E-state index in [4.69, 9.17) is 19.2 Å². The average Bonchev–Trinajstić information content (AvgIpc) is 3.51. The number of esters is 1. The summed E-state index contributed by atoms with van der Waals surface area (Å²) in [5.74, 6) is -0.790. The summed E-state index contributed by atoms with van der Waals surface area (Å²) >= 11 is 0. The highest BCUT2D eigenvalue weighted by Crippen LogP contribution is 2.21. The number of benzene rings is 2. The third kappa shape index (κ3) is 5.33. The molecule has 0 N–H and O–H groups in total. The Hall–Kier alpha value is -4.83. The van der Waals surface area contributed by atoms with Crippen LogP contribution in [-0.2, 0) is 20.8 Å². The molecule has 1 aliphatic heterocycles. The smallest absolute Gasteiger partial charge is 0.341 e. The lowest BCUT2D eigenvalue weighted by Gasteiger charge is -2.18. The Balaban J connectivity index is 1.48. The Morgan fingerprint density at radius 3 is 2.71 bits per heavy atom. The number of carbonyl (C=O) groups is 2. The van der Waals surface area contributed by atoms with E-state index in [9.17, 15) is 14.4 Å². The molecule has 0 radical (unpaired) electrons. The molecule has 2 aromatic carbocycles. The van der Waals surface area contributed by atoms with Crippen LogP contribution in [0.3, 0.4) is 0 Å². The Bertz CT molecular complexity index is 1920. The maximum Gasteiger partial charge on any atom is 0.341 e. The van der Waals surface area contributed by atoms with Gasteiger partial charge in [-0.25, -0.2) is 9.78 Å². The molecule has 0 bridgehead atoms. The number of amides is 1. The van der Waals surface area contributed by atoms with Gasteiger partial charge in [-0.1, -0.05) is 36.4 Å². The van der Waals surface area contributed by atoms with Gasteiger partial charge in [-0.15, -0.1) is 0 Å². The summed E-state index contributed by atoms with van der Waals surface area (Å²) in [5.41, 5.74) is 0.408. The Kier molecular flexibility index (Phi) is 7.30. The van der Waals surface area contributed by atoms with Crippen molar-refractivity contribution < 1.29 is 23.8 Å². The second-order valence-corrected chi connectivity index (χ2v) is 9.73. The van der Waals surface area contributed by atoms with Crippen molar-refractivity contribution in [2.75, 3.05) is 19.8 Å². The number of pyridine rings is 2. The molecule has 4 heterocycles. The molecule has 0 aliphatic carbocycles. The maximum atomic E-state index is 13.5. The molecule has 1 atom stereocenters. The largest absolute Gasteiger partial charge is 0.484 e. The summed E-state index contributed by atoms with van der Waals surface area (Å²) in [4.78, 5) is 48.9. The molecule has 1 amide bonds. The van der Waals surface area contributed by atoms with Gasteiger partial charge in [0.05, 0.1) is 24.6 Å². The molecule has 0 unspecified atom stereocenters. The number of nitrogens with zero attached hydrogens (tertiary/aromatic N) is 4. The van der Waals surface area contributed by atoms with Gasteiger partial charge in [0.2, 0.25) is 0 Å². The minimum atomic E-state index is -0.699. The van der Waals surface area contributed by atoms with Crippen LogP contribution in [0.4, 0.5) is 0 Å². The van der Waals surface area contributed by atoms with Crippen molar-refractivity contribution in [2.45, 2.75) is 32.4 Å². The predicted molar refractivity (Wildman–Crippen MR) is 152 cm³/mol. The standard InChI is InChI=1S/C31H28N4O6/c1-2-39-31(38)25-17-24-28(32-26-11-5-6-14-34(26)30(24)37)35(18-23-10-7-15-40-23)29(25)33-27(36)19-41-22-13-12-20-8-3-4-9-21(20)16-22/h3-6,8-9,11-14,16-17,23H,2,7,10,15,18-19H2,1H3/t23-/m1/s1. The van der Waals surface area contributed by atoms with Gasteiger partial charge in [0.25, 0.3) is 11.5 Å². The number of hydrogen-bond donors (Lipinski definition) is 0. The first-order valence-electron chi connectivity index (χ1n) is 13.5. The van der Waals surface area contributed by atoms with E-state index in [0.29, 0.717) is 23.7 Å². The van der Waals surface area contributed by atoms with Crippen molar-refractivity contribution in [2.24, 2.45) is 4.99 Å². The third-order valence-electron chi connectivity index (χ3n) is 7.01. The van der Waals surface area contributed by atoms with E-state index >= 15 is 0 Å². The summed E-state index contributed by atoms with van der Waals surface area (Å²) in [6.07, 6.45) is 3.08. The highest BCUT2D eigenvalue weighted by atomic mass is 16.5. The maximum absolute atomic E-state index is 13.5. The molecular formula is C31H28N4O6. The summed E-state index contributed by atoms with van der Waals surface area (Å²) < 4.78 is 20.0. The van der Waals surface area contributed by atoms with Gasteiger partial charge in [0.1, 0.15) is 22.6 Å². The fraction of sp³-hybridized carbons (Fsp3) is 0.258. The van der Waals surface area contributed by atoms with Crippen LogP contribution in [0, 0.1) is 0 Å². The van der Waals surface area contributed by atoms with E-state index in [0.717, 1.165) is 23.6 Å². The van der Waals surface area contributed by atoms with Crippen LogP contribution in [0.15, 0.2) is 82.7 Å². The molecule has 5 aromatic rings. The minimum absolute atomic E-state index is 0.00816. The van der Waals surface area contributed by atoms with Gasteiger partial charge in [0.15, 0.2) is 12.1 Å². The fourth-order valence-electron chi connectivity index (χ4n) is 5.07. The second-order valence-electron chi connectivity index (χ2n) is 9.73. The van der Waals surface area contributed by atoms with Gasteiger partial charge in [-0.2, -0.15) is 4.99 Å². The van der Waals surface area contributed by atoms with Crippen LogP contribution in [0.1, 0.15) is 30.1 Å². The number of aromatic nitrogens is 3. The van der Waals surface area contributed by atoms with Crippen molar-refractivity contribution in [3.63, 3.8) is 0 Å². The molecule has 1 aliphatic rings. The van der Waals surface area contributed by atoms with Gasteiger partial charge in [-0.3, -0.25) is 14.0 Å². The lowest BCUT2D eigenvalue weighted by molar-refractivity contribution is -0.120. The molecule has 10 nitrogen and oxygen atoms in total. The summed E-state index contributed by atoms with van der Waals surface area (Å²) in [6.45, 7) is 2.28. The van der Waals surface area contributed by atoms with Crippen molar-refractivity contribution in [3.05, 3.63) is 94.3 Å². The Labute approximate surface area is 234 Å². The number of fused-ring (bicyclic) bond motifs is 3. The molecule has 0 saturated carbocycles. The topological polar surface area (TPSA) is 113 Å². The van der Waals surface area contributed by atoms with Crippen LogP contribution in [-0.4, -0.2) is 51.8 Å². The number of ether oxygens (including phenoxy) is 3. The number of rotatable bonds is 7. The van der Waals surface area contributed by atoms with Crippen molar-refractivity contribution >= 4 is 39.3 Å². The van der Waals surface area contributed by atoms with E-state index in [1.165, 1.54) is 10.5 Å². The first kappa shape index (κ1) is 26.4. The summed E-state index contributed by atoms with van der Waals surface area (Å²) in [6, 6.07) is 20.0. The first-order valence-corrected chi connectivity index (χ1v) is 13.5. The zero-order chi connectivity index (χ0) is 28.3. The fourth-order valence-corrected chi connectivity index (χ4v) is 5.07. The molecule has 1 fully saturated rings. The molecule has 0 spiro atoms. The molecule has 1 saturated heterocycles. The predicted octanol–water partition coefficient (Wildman–Crippen LogP) is 3.66. The highest BCUT2D eigenvalue weighted by molar-refractivity contribution is 5.94. The Morgan fingerprint density at radius 2 is 1.90 bits per heavy atom. The SMILES string of the molecule is CCOC(=O)c1cc2c(=O)n3ccccc3nc2n(C[C@H]2CCCO2)c1=NC(=O)COc1ccc2ccccc2c1. The number of hydrogen-bond acceptors (Lipinski definition) is 7. The van der Waals surface area contributed by atoms with Crippen LogP contribution >= 0.6 is 0 Å². The molecule has 3 aromatic heterocycles. The second kappa shape index (κ2) is 11.3. The first-order chi connectivity index (χ1) is 20.0. The van der Waals surface area contributed by atoms with Crippen LogP contribution in [0.2, 0.25) is 0 Å². The molecule has 6 rings (SSSR count). The molecule has 41 heavy (non-hydrogen) atoms. The van der Waals surface area contributed by atoms with E-state index in [2.05, 4.69) is 4.99 Å². The molecular weight excluding hydrogens is 524 g/mol. The zero-order valence-electron chi connectivity index (χ0n) is 22.5. The summed E-state index contributed by atoms with van der Waals surface area (Å²) in [5, 5.41) is 2.23. The van der Waals surface area contributed by atoms with Crippen LogP contribution in [0.5, 0.6) is 5.75 Å². The third-order valence-corrected chi connectivity index (χ3v) is 7.01. The number of carbonyl (C=O) groups excluding carboxylic acids is 2. The molecule has 208 valence electrons. The van der Waals surface area contributed by atoms with Crippen LogP contribution < -0.4 is 15.8 Å². The Morgan fingerprint density at radius 1 is 1.07 bits per heavy atom. The minimum Gasteiger partial charge on any atom is -0.484 e. The van der Waals surface area contributed by atoms with E-state index in [1.807, 2.05) is 36.4 Å². The van der Waals surface area contributed by atoms with E-state index < -0.39 is 11.9 Å². The van der Waals surface area contributed by atoms with E-state index in [1.54, 1.807) is 42.0 Å². The average molecular weight is 553 g/mol. The monoisotopic (exact) mass is 552 g/mol.